The second kappa shape index (κ2) is 3.80. The Hall–Kier alpha value is -1.90. The van der Waals surface area contributed by atoms with Crippen LogP contribution in [0.2, 0.25) is 0 Å². The molecule has 3 nitrogen and oxygen atoms in total. The number of benzene rings is 1. The van der Waals surface area contributed by atoms with Gasteiger partial charge >= 0.3 is 0 Å². The van der Waals surface area contributed by atoms with Gasteiger partial charge in [-0.05, 0) is 25.0 Å². The summed E-state index contributed by atoms with van der Waals surface area (Å²) in [6, 6.07) is 12.1. The van der Waals surface area contributed by atoms with E-state index in [9.17, 15) is 4.79 Å². The second-order valence-electron chi connectivity index (χ2n) is 5.17. The highest BCUT2D eigenvalue weighted by Gasteiger charge is 2.53. The first-order valence-corrected chi connectivity index (χ1v) is 6.29. The van der Waals surface area contributed by atoms with Crippen LogP contribution in [0.1, 0.15) is 31.4 Å². The monoisotopic (exact) mass is 240 g/mol. The maximum atomic E-state index is 11.6. The summed E-state index contributed by atoms with van der Waals surface area (Å²) in [4.78, 5) is 16.2. The number of rotatable bonds is 3. The number of fused-ring (bicyclic) bond motifs is 1. The van der Waals surface area contributed by atoms with Crippen molar-refractivity contribution in [3.8, 4) is 0 Å². The van der Waals surface area contributed by atoms with Gasteiger partial charge in [-0.2, -0.15) is 0 Å². The fourth-order valence-electron chi connectivity index (χ4n) is 2.63. The van der Waals surface area contributed by atoms with Gasteiger partial charge in [0.2, 0.25) is 5.91 Å². The van der Waals surface area contributed by atoms with Gasteiger partial charge in [0.25, 0.3) is 0 Å². The molecule has 1 fully saturated rings. The summed E-state index contributed by atoms with van der Waals surface area (Å²) >= 11 is 0. The van der Waals surface area contributed by atoms with Gasteiger partial charge < -0.3 is 5.73 Å². The Balaban J connectivity index is 2.02. The van der Waals surface area contributed by atoms with Crippen LogP contribution in [-0.2, 0) is 4.79 Å². The number of pyridine rings is 1. The van der Waals surface area contributed by atoms with E-state index in [4.69, 9.17) is 5.73 Å². The van der Waals surface area contributed by atoms with Crippen LogP contribution in [0.3, 0.4) is 0 Å². The average Bonchev–Trinajstić information content (AvgIpc) is 3.19. The van der Waals surface area contributed by atoms with Gasteiger partial charge in [-0.3, -0.25) is 9.78 Å². The Labute approximate surface area is 106 Å². The zero-order chi connectivity index (χ0) is 12.8. The Bertz CT molecular complexity index is 617. The molecule has 1 heterocycles. The van der Waals surface area contributed by atoms with Gasteiger partial charge in [-0.25, -0.2) is 0 Å². The number of nitrogens with two attached hydrogens (primary N) is 1. The van der Waals surface area contributed by atoms with Crippen LogP contribution >= 0.6 is 0 Å². The molecule has 2 N–H and O–H groups in total. The van der Waals surface area contributed by atoms with E-state index < -0.39 is 0 Å². The molecule has 3 rings (SSSR count). The molecular weight excluding hydrogens is 224 g/mol. The van der Waals surface area contributed by atoms with Crippen molar-refractivity contribution in [1.29, 1.82) is 0 Å². The topological polar surface area (TPSA) is 56.0 Å². The van der Waals surface area contributed by atoms with Crippen molar-refractivity contribution in [3.63, 3.8) is 0 Å². The lowest BCUT2D eigenvalue weighted by Gasteiger charge is -2.19. The van der Waals surface area contributed by atoms with E-state index in [1.165, 1.54) is 0 Å². The zero-order valence-corrected chi connectivity index (χ0v) is 10.4. The molecule has 0 aliphatic heterocycles. The van der Waals surface area contributed by atoms with Gasteiger partial charge in [-0.15, -0.1) is 0 Å². The van der Waals surface area contributed by atoms with Crippen molar-refractivity contribution in [2.24, 2.45) is 11.1 Å². The van der Waals surface area contributed by atoms with E-state index in [2.05, 4.69) is 18.0 Å². The number of aromatic nitrogens is 1. The molecule has 1 aromatic heterocycles. The number of carbonyl (C=O) groups excluding carboxylic acids is 1. The first-order chi connectivity index (χ1) is 8.63. The molecule has 1 atom stereocenters. The summed E-state index contributed by atoms with van der Waals surface area (Å²) in [5.41, 5.74) is 7.10. The maximum absolute atomic E-state index is 11.6. The van der Waals surface area contributed by atoms with Gasteiger partial charge in [0, 0.05) is 17.0 Å². The van der Waals surface area contributed by atoms with Gasteiger partial charge in [-0.1, -0.05) is 31.2 Å². The predicted molar refractivity (Wildman–Crippen MR) is 71.0 cm³/mol. The maximum Gasteiger partial charge on any atom is 0.224 e. The highest BCUT2D eigenvalue weighted by molar-refractivity contribution is 5.85. The number of carbonyl (C=O) groups is 1. The minimum absolute atomic E-state index is 0.0969. The average molecular weight is 240 g/mol. The van der Waals surface area contributed by atoms with Crippen molar-refractivity contribution in [3.05, 3.63) is 42.1 Å². The van der Waals surface area contributed by atoms with Crippen molar-refractivity contribution in [2.45, 2.75) is 25.7 Å². The molecule has 1 aliphatic carbocycles. The first-order valence-electron chi connectivity index (χ1n) is 6.29. The summed E-state index contributed by atoms with van der Waals surface area (Å²) in [7, 11) is 0. The highest BCUT2D eigenvalue weighted by Crippen LogP contribution is 2.55. The van der Waals surface area contributed by atoms with Crippen LogP contribution < -0.4 is 5.73 Å². The number of nitrogens with zero attached hydrogens (tertiary/aromatic N) is 1. The van der Waals surface area contributed by atoms with Crippen LogP contribution in [0.5, 0.6) is 0 Å². The van der Waals surface area contributed by atoms with Crippen LogP contribution in [0.4, 0.5) is 0 Å². The molecular formula is C15H16N2O. The van der Waals surface area contributed by atoms with Crippen molar-refractivity contribution in [2.75, 3.05) is 0 Å². The molecule has 18 heavy (non-hydrogen) atoms. The summed E-state index contributed by atoms with van der Waals surface area (Å²) in [5, 5.41) is 1.12. The van der Waals surface area contributed by atoms with E-state index in [-0.39, 0.29) is 17.2 Å². The summed E-state index contributed by atoms with van der Waals surface area (Å²) in [5.74, 6) is -0.0930. The molecule has 1 aliphatic rings. The van der Waals surface area contributed by atoms with Crippen LogP contribution in [0, 0.1) is 5.41 Å². The van der Waals surface area contributed by atoms with Crippen molar-refractivity contribution < 1.29 is 4.79 Å². The van der Waals surface area contributed by atoms with Crippen LogP contribution in [0.25, 0.3) is 10.9 Å². The van der Waals surface area contributed by atoms with E-state index >= 15 is 0 Å². The molecule has 92 valence electrons. The SMILES string of the molecule is C[C@@H](c1ccc2ccccc2n1)C1(C(N)=O)CC1. The van der Waals surface area contributed by atoms with Gasteiger partial charge in [0.05, 0.1) is 10.9 Å². The molecule has 0 radical (unpaired) electrons. The fourth-order valence-corrected chi connectivity index (χ4v) is 2.63. The Kier molecular flexibility index (Phi) is 2.37. The highest BCUT2D eigenvalue weighted by atomic mass is 16.1. The molecule has 2 aromatic rings. The summed E-state index contributed by atoms with van der Waals surface area (Å²) in [6.45, 7) is 2.05. The lowest BCUT2D eigenvalue weighted by molar-refractivity contribution is -0.123. The Morgan fingerprint density at radius 3 is 2.67 bits per heavy atom. The molecule has 0 unspecified atom stereocenters. The van der Waals surface area contributed by atoms with Crippen LogP contribution in [-0.4, -0.2) is 10.9 Å². The van der Waals surface area contributed by atoms with E-state index in [1.807, 2.05) is 30.3 Å². The smallest absolute Gasteiger partial charge is 0.224 e. The van der Waals surface area contributed by atoms with E-state index in [0.29, 0.717) is 0 Å². The third-order valence-corrected chi connectivity index (χ3v) is 4.17. The molecule has 1 saturated carbocycles. The molecule has 0 spiro atoms. The number of primary amides is 1. The third-order valence-electron chi connectivity index (χ3n) is 4.17. The minimum atomic E-state index is -0.352. The normalized spacial score (nSPS) is 18.5. The molecule has 1 aromatic carbocycles. The summed E-state index contributed by atoms with van der Waals surface area (Å²) < 4.78 is 0. The third kappa shape index (κ3) is 1.58. The molecule has 0 saturated heterocycles. The standard InChI is InChI=1S/C15H16N2O/c1-10(15(8-9-15)14(16)18)12-7-6-11-4-2-3-5-13(11)17-12/h2-7,10H,8-9H2,1H3,(H2,16,18)/t10-/m0/s1. The lowest BCUT2D eigenvalue weighted by atomic mass is 9.87. The van der Waals surface area contributed by atoms with Crippen LogP contribution in [0.15, 0.2) is 36.4 Å². The molecule has 1 amide bonds. The lowest BCUT2D eigenvalue weighted by Crippen LogP contribution is -2.29. The van der Waals surface area contributed by atoms with Gasteiger partial charge in [0.15, 0.2) is 0 Å². The Morgan fingerprint density at radius 1 is 1.28 bits per heavy atom. The van der Waals surface area contributed by atoms with Crippen molar-refractivity contribution >= 4 is 16.8 Å². The van der Waals surface area contributed by atoms with Crippen molar-refractivity contribution in [1.82, 2.24) is 4.98 Å². The van der Waals surface area contributed by atoms with E-state index in [1.54, 1.807) is 0 Å². The Morgan fingerprint density at radius 2 is 2.00 bits per heavy atom. The zero-order valence-electron chi connectivity index (χ0n) is 10.4. The molecule has 3 heteroatoms. The number of amides is 1. The molecule has 0 bridgehead atoms. The predicted octanol–water partition coefficient (Wildman–Crippen LogP) is 2.60. The first kappa shape index (κ1) is 11.2. The largest absolute Gasteiger partial charge is 0.369 e. The second-order valence-corrected chi connectivity index (χ2v) is 5.17. The number of para-hydroxylation sites is 1. The number of hydrogen-bond acceptors (Lipinski definition) is 2. The number of hydrogen-bond donors (Lipinski definition) is 1. The summed E-state index contributed by atoms with van der Waals surface area (Å²) in [6.07, 6.45) is 1.77. The van der Waals surface area contributed by atoms with E-state index in [0.717, 1.165) is 29.4 Å². The van der Waals surface area contributed by atoms with Gasteiger partial charge in [0.1, 0.15) is 0 Å². The minimum Gasteiger partial charge on any atom is -0.369 e. The quantitative estimate of drug-likeness (QED) is 0.896. The fraction of sp³-hybridized carbons (Fsp3) is 0.333.